The predicted molar refractivity (Wildman–Crippen MR) is 95.3 cm³/mol. The van der Waals surface area contributed by atoms with Gasteiger partial charge in [-0.2, -0.15) is 11.8 Å². The van der Waals surface area contributed by atoms with Gasteiger partial charge in [0.05, 0.1) is 6.61 Å². The highest BCUT2D eigenvalue weighted by Gasteiger charge is 2.25. The number of alkyl carbamates (subject to hydrolysis) is 1. The van der Waals surface area contributed by atoms with E-state index in [0.717, 1.165) is 11.8 Å². The molecule has 0 bridgehead atoms. The molecular formula is C15H31NO4SSi. The van der Waals surface area contributed by atoms with Crippen molar-refractivity contribution in [3.63, 3.8) is 0 Å². The summed E-state index contributed by atoms with van der Waals surface area (Å²) in [6, 6.07) is 0.268. The molecule has 0 saturated carbocycles. The maximum Gasteiger partial charge on any atom is 0.408 e. The van der Waals surface area contributed by atoms with Crippen LogP contribution in [0.3, 0.4) is 0 Å². The second-order valence-corrected chi connectivity index (χ2v) is 14.1. The fraction of sp³-hybridized carbons (Fsp3) is 0.867. The van der Waals surface area contributed by atoms with Crippen molar-refractivity contribution < 1.29 is 19.1 Å². The zero-order chi connectivity index (χ0) is 17.4. The van der Waals surface area contributed by atoms with Crippen LogP contribution in [0.15, 0.2) is 0 Å². The summed E-state index contributed by atoms with van der Waals surface area (Å²) in [6.07, 6.45) is 1.91. The molecule has 1 unspecified atom stereocenters. The van der Waals surface area contributed by atoms with Crippen LogP contribution in [0, 0.1) is 0 Å². The average Bonchev–Trinajstić information content (AvgIpc) is 2.30. The molecule has 0 aliphatic rings. The number of nitrogens with one attached hydrogen (secondary N) is 1. The Morgan fingerprint density at radius 2 is 1.82 bits per heavy atom. The quantitative estimate of drug-likeness (QED) is 0.536. The van der Waals surface area contributed by atoms with E-state index in [1.54, 1.807) is 32.5 Å². The minimum Gasteiger partial charge on any atom is -0.464 e. The molecule has 0 spiro atoms. The number of amides is 1. The van der Waals surface area contributed by atoms with Crippen molar-refractivity contribution in [3.8, 4) is 0 Å². The minimum absolute atomic E-state index is 0.377. The summed E-state index contributed by atoms with van der Waals surface area (Å²) in [5.74, 6) is 0.391. The first-order valence-corrected chi connectivity index (χ1v) is 12.7. The summed E-state index contributed by atoms with van der Waals surface area (Å²) in [5.41, 5.74) is -0.587. The summed E-state index contributed by atoms with van der Waals surface area (Å²) in [5, 5.41) is 2.62. The molecule has 0 saturated heterocycles. The molecule has 0 rings (SSSR count). The van der Waals surface area contributed by atoms with Crippen molar-refractivity contribution in [2.24, 2.45) is 0 Å². The molecule has 22 heavy (non-hydrogen) atoms. The monoisotopic (exact) mass is 349 g/mol. The van der Waals surface area contributed by atoms with Crippen molar-refractivity contribution in [2.75, 3.05) is 18.6 Å². The van der Waals surface area contributed by atoms with Crippen molar-refractivity contribution in [1.29, 1.82) is 0 Å². The number of carbonyl (C=O) groups is 2. The maximum atomic E-state index is 12.1. The molecule has 1 atom stereocenters. The largest absolute Gasteiger partial charge is 0.464 e. The fourth-order valence-corrected chi connectivity index (χ4v) is 2.68. The Labute approximate surface area is 139 Å². The van der Waals surface area contributed by atoms with Crippen molar-refractivity contribution >= 4 is 31.9 Å². The molecule has 0 aliphatic carbocycles. The molecule has 7 heteroatoms. The number of rotatable bonds is 8. The normalized spacial score (nSPS) is 13.4. The highest BCUT2D eigenvalue weighted by molar-refractivity contribution is 7.98. The lowest BCUT2D eigenvalue weighted by Gasteiger charge is -2.23. The lowest BCUT2D eigenvalue weighted by molar-refractivity contribution is -0.145. The second-order valence-electron chi connectivity index (χ2n) is 7.46. The van der Waals surface area contributed by atoms with Crippen molar-refractivity contribution in [3.05, 3.63) is 0 Å². The Bertz CT molecular complexity index is 364. The summed E-state index contributed by atoms with van der Waals surface area (Å²) in [4.78, 5) is 24.0. The van der Waals surface area contributed by atoms with E-state index in [0.29, 0.717) is 13.0 Å². The van der Waals surface area contributed by atoms with Crippen LogP contribution < -0.4 is 5.32 Å². The summed E-state index contributed by atoms with van der Waals surface area (Å²) < 4.78 is 10.5. The third-order valence-corrected chi connectivity index (χ3v) is 5.03. The smallest absolute Gasteiger partial charge is 0.408 e. The van der Waals surface area contributed by atoms with Crippen molar-refractivity contribution in [1.82, 2.24) is 5.32 Å². The highest BCUT2D eigenvalue weighted by atomic mass is 32.2. The van der Waals surface area contributed by atoms with E-state index in [9.17, 15) is 9.59 Å². The molecule has 0 aromatic heterocycles. The number of thioether (sulfide) groups is 1. The first-order valence-electron chi connectivity index (χ1n) is 7.60. The Kier molecular flexibility index (Phi) is 9.15. The lowest BCUT2D eigenvalue weighted by atomic mass is 10.2. The van der Waals surface area contributed by atoms with Gasteiger partial charge in [0.15, 0.2) is 0 Å². The van der Waals surface area contributed by atoms with E-state index in [2.05, 4.69) is 25.0 Å². The third kappa shape index (κ3) is 11.9. The third-order valence-electron chi connectivity index (χ3n) is 2.68. The molecular weight excluding hydrogens is 318 g/mol. The van der Waals surface area contributed by atoms with Crippen LogP contribution in [0.25, 0.3) is 0 Å². The molecule has 0 radical (unpaired) electrons. The van der Waals surface area contributed by atoms with Gasteiger partial charge in [-0.3, -0.25) is 0 Å². The molecule has 0 aliphatic heterocycles. The average molecular weight is 350 g/mol. The zero-order valence-corrected chi connectivity index (χ0v) is 16.8. The standard InChI is InChI=1S/C15H31NO4SSi/c1-15(2,3)20-14(18)16-12(8-10-21-4)13(17)19-9-11-22(5,6)7/h12H,8-11H2,1-7H3,(H,16,18). The van der Waals surface area contributed by atoms with E-state index in [4.69, 9.17) is 9.47 Å². The Morgan fingerprint density at radius 3 is 2.27 bits per heavy atom. The lowest BCUT2D eigenvalue weighted by Crippen LogP contribution is -2.44. The van der Waals surface area contributed by atoms with Crippen molar-refractivity contribution in [2.45, 2.75) is 64.5 Å². The molecule has 130 valence electrons. The van der Waals surface area contributed by atoms with E-state index in [-0.39, 0.29) is 5.97 Å². The number of ether oxygens (including phenoxy) is 2. The molecule has 0 aromatic rings. The molecule has 0 aromatic carbocycles. The van der Waals surface area contributed by atoms with Gasteiger partial charge in [-0.25, -0.2) is 9.59 Å². The number of carbonyl (C=O) groups excluding carboxylic acids is 2. The van der Waals surface area contributed by atoms with E-state index < -0.39 is 25.8 Å². The van der Waals surface area contributed by atoms with Crippen LogP contribution in [-0.2, 0) is 14.3 Å². The van der Waals surface area contributed by atoms with Crippen LogP contribution in [-0.4, -0.2) is 50.4 Å². The van der Waals surface area contributed by atoms with Crippen LogP contribution in [0.2, 0.25) is 25.7 Å². The van der Waals surface area contributed by atoms with Gasteiger partial charge in [-0.05, 0) is 45.2 Å². The van der Waals surface area contributed by atoms with Gasteiger partial charge < -0.3 is 14.8 Å². The molecule has 1 amide bonds. The Balaban J connectivity index is 4.48. The summed E-state index contributed by atoms with van der Waals surface area (Å²) in [7, 11) is -1.24. The first-order chi connectivity index (χ1) is 9.94. The van der Waals surface area contributed by atoms with Gasteiger partial charge in [-0.1, -0.05) is 19.6 Å². The molecule has 0 fully saturated rings. The van der Waals surface area contributed by atoms with E-state index in [1.165, 1.54) is 0 Å². The van der Waals surface area contributed by atoms with Crippen LogP contribution in [0.4, 0.5) is 4.79 Å². The Morgan fingerprint density at radius 1 is 1.23 bits per heavy atom. The molecule has 0 heterocycles. The van der Waals surface area contributed by atoms with E-state index in [1.807, 2.05) is 6.26 Å². The molecule has 5 nitrogen and oxygen atoms in total. The van der Waals surface area contributed by atoms with Gasteiger partial charge in [0.2, 0.25) is 0 Å². The van der Waals surface area contributed by atoms with E-state index >= 15 is 0 Å². The summed E-state index contributed by atoms with van der Waals surface area (Å²) >= 11 is 1.62. The number of esters is 1. The van der Waals surface area contributed by atoms with Gasteiger partial charge in [-0.15, -0.1) is 0 Å². The SMILES string of the molecule is CSCCC(NC(=O)OC(C)(C)C)C(=O)OCC[Si](C)(C)C. The first kappa shape index (κ1) is 21.3. The van der Waals surface area contributed by atoms with Gasteiger partial charge in [0.25, 0.3) is 0 Å². The molecule has 1 N–H and O–H groups in total. The van der Waals surface area contributed by atoms with Gasteiger partial charge in [0.1, 0.15) is 11.6 Å². The zero-order valence-electron chi connectivity index (χ0n) is 14.9. The fourth-order valence-electron chi connectivity index (χ4n) is 1.49. The number of hydrogen-bond donors (Lipinski definition) is 1. The Hall–Kier alpha value is -0.693. The number of hydrogen-bond acceptors (Lipinski definition) is 5. The topological polar surface area (TPSA) is 64.6 Å². The van der Waals surface area contributed by atoms with Gasteiger partial charge >= 0.3 is 12.1 Å². The minimum atomic E-state index is -1.24. The maximum absolute atomic E-state index is 12.1. The van der Waals surface area contributed by atoms with Crippen LogP contribution >= 0.6 is 11.8 Å². The second kappa shape index (κ2) is 9.45. The highest BCUT2D eigenvalue weighted by Crippen LogP contribution is 2.11. The van der Waals surface area contributed by atoms with Crippen LogP contribution in [0.1, 0.15) is 27.2 Å². The van der Waals surface area contributed by atoms with Gasteiger partial charge in [0, 0.05) is 8.07 Å². The summed E-state index contributed by atoms with van der Waals surface area (Å²) in [6.45, 7) is 12.5. The predicted octanol–water partition coefficient (Wildman–Crippen LogP) is 3.51. The van der Waals surface area contributed by atoms with Crippen LogP contribution in [0.5, 0.6) is 0 Å².